The van der Waals surface area contributed by atoms with Crippen LogP contribution in [0, 0.1) is 11.8 Å². The van der Waals surface area contributed by atoms with Gasteiger partial charge < -0.3 is 4.74 Å². The number of rotatable bonds is 2. The Balaban J connectivity index is 2.08. The van der Waals surface area contributed by atoms with Crippen molar-refractivity contribution in [1.82, 2.24) is 9.97 Å². The maximum absolute atomic E-state index is 11.7. The van der Waals surface area contributed by atoms with E-state index in [1.807, 2.05) is 0 Å². The van der Waals surface area contributed by atoms with Crippen molar-refractivity contribution in [3.8, 4) is 11.8 Å². The van der Waals surface area contributed by atoms with Gasteiger partial charge in [0.25, 0.3) is 5.91 Å². The summed E-state index contributed by atoms with van der Waals surface area (Å²) in [5.41, 5.74) is 0.0600. The minimum atomic E-state index is -0.664. The number of hydrogen-bond donors (Lipinski definition) is 1. The highest BCUT2D eigenvalue weighted by Gasteiger charge is 2.17. The molecule has 0 bridgehead atoms. The highest BCUT2D eigenvalue weighted by atomic mass is 32.1. The summed E-state index contributed by atoms with van der Waals surface area (Å²) in [5, 5.41) is 2.89. The van der Waals surface area contributed by atoms with Crippen LogP contribution in [0.4, 0.5) is 9.93 Å². The second kappa shape index (κ2) is 8.46. The highest BCUT2D eigenvalue weighted by molar-refractivity contribution is 7.55. The first-order valence-corrected chi connectivity index (χ1v) is 8.75. The van der Waals surface area contributed by atoms with Crippen molar-refractivity contribution in [2.75, 3.05) is 5.32 Å². The van der Waals surface area contributed by atoms with Gasteiger partial charge in [0.2, 0.25) is 11.5 Å². The molecule has 0 spiro atoms. The molecule has 134 valence electrons. The number of nitrogens with zero attached hydrogens (tertiary/aromatic N) is 3. The van der Waals surface area contributed by atoms with Crippen LogP contribution in [0.5, 0.6) is 0 Å². The molecule has 2 aromatic heterocycles. The fourth-order valence-corrected chi connectivity index (χ4v) is 2.45. The summed E-state index contributed by atoms with van der Waals surface area (Å²) >= 11 is 1.02. The van der Waals surface area contributed by atoms with E-state index >= 15 is 0 Å². The molecule has 10 heteroatoms. The third kappa shape index (κ3) is 6.19. The largest absolute Gasteiger partial charge is 0.444 e. The molecule has 0 saturated heterocycles. The van der Waals surface area contributed by atoms with Gasteiger partial charge >= 0.3 is 6.09 Å². The van der Waals surface area contributed by atoms with Crippen LogP contribution in [0.3, 0.4) is 0 Å². The van der Waals surface area contributed by atoms with Crippen LogP contribution >= 0.6 is 11.3 Å². The molecule has 0 aliphatic carbocycles. The molecule has 1 N–H and O–H groups in total. The third-order valence-corrected chi connectivity index (χ3v) is 3.62. The first-order chi connectivity index (χ1) is 12.3. The van der Waals surface area contributed by atoms with Gasteiger partial charge in [0.1, 0.15) is 5.60 Å². The van der Waals surface area contributed by atoms with Crippen LogP contribution in [0.15, 0.2) is 29.0 Å². The van der Waals surface area contributed by atoms with E-state index in [-0.39, 0.29) is 17.0 Å². The van der Waals surface area contributed by atoms with Gasteiger partial charge in [0.15, 0.2) is 5.13 Å². The Morgan fingerprint density at radius 1 is 1.27 bits per heavy atom. The van der Waals surface area contributed by atoms with Crippen molar-refractivity contribution in [2.45, 2.75) is 26.4 Å². The zero-order valence-electron chi connectivity index (χ0n) is 14.1. The van der Waals surface area contributed by atoms with Gasteiger partial charge in [-0.1, -0.05) is 17.3 Å². The van der Waals surface area contributed by atoms with Crippen LogP contribution < -0.4 is 5.32 Å². The average molecular weight is 390 g/mol. The first-order valence-electron chi connectivity index (χ1n) is 7.24. The summed E-state index contributed by atoms with van der Waals surface area (Å²) in [6.45, 7) is 5.30. The Kier molecular flexibility index (Phi) is 6.32. The molecule has 0 aromatic carbocycles. The molecular formula is C16H14N4O4S2. The number of carbonyl (C=O) groups excluding carboxylic acids is 2. The summed E-state index contributed by atoms with van der Waals surface area (Å²) in [4.78, 5) is 31.8. The summed E-state index contributed by atoms with van der Waals surface area (Å²) in [6.07, 6.45) is 3.70. The number of pyridine rings is 1. The standard InChI is InChI=1S/C16H14N4O4S2/c1-16(2,3)24-15(22)19-14-18-9-12(25-14)5-4-10-6-11(8-17-7-10)13(21)20-26-23/h6-9H,1-3H3,(H,18,19,22). The molecule has 2 heterocycles. The molecule has 2 aromatic rings. The molecule has 2 amide bonds. The minimum Gasteiger partial charge on any atom is -0.444 e. The zero-order chi connectivity index (χ0) is 19.2. The predicted molar refractivity (Wildman–Crippen MR) is 97.1 cm³/mol. The van der Waals surface area contributed by atoms with E-state index in [0.29, 0.717) is 15.6 Å². The Bertz CT molecular complexity index is 947. The maximum atomic E-state index is 11.7. The van der Waals surface area contributed by atoms with E-state index in [1.54, 1.807) is 20.8 Å². The Morgan fingerprint density at radius 3 is 2.73 bits per heavy atom. The van der Waals surface area contributed by atoms with Crippen LogP contribution in [0.1, 0.15) is 41.6 Å². The van der Waals surface area contributed by atoms with Gasteiger partial charge in [0.05, 0.1) is 16.6 Å². The lowest BCUT2D eigenvalue weighted by atomic mass is 10.2. The van der Waals surface area contributed by atoms with E-state index < -0.39 is 17.6 Å². The van der Waals surface area contributed by atoms with Crippen LogP contribution in [0.2, 0.25) is 0 Å². The third-order valence-electron chi connectivity index (χ3n) is 2.55. The van der Waals surface area contributed by atoms with Gasteiger partial charge in [-0.15, -0.1) is 4.36 Å². The minimum absolute atomic E-state index is 0.158. The molecule has 26 heavy (non-hydrogen) atoms. The van der Waals surface area contributed by atoms with Crippen molar-refractivity contribution in [2.24, 2.45) is 4.36 Å². The topological polar surface area (TPSA) is 111 Å². The molecule has 0 unspecified atom stereocenters. The van der Waals surface area contributed by atoms with Gasteiger partial charge in [-0.25, -0.2) is 9.78 Å². The molecule has 0 saturated carbocycles. The van der Waals surface area contributed by atoms with Crippen molar-refractivity contribution >= 4 is 39.9 Å². The molecule has 0 radical (unpaired) electrons. The molecule has 0 aliphatic rings. The fourth-order valence-electron chi connectivity index (χ4n) is 1.63. The van der Waals surface area contributed by atoms with Gasteiger partial charge in [-0.2, -0.15) is 4.21 Å². The molecule has 0 aliphatic heterocycles. The van der Waals surface area contributed by atoms with Gasteiger partial charge in [-0.3, -0.25) is 15.1 Å². The average Bonchev–Trinajstić information content (AvgIpc) is 2.99. The van der Waals surface area contributed by atoms with Crippen LogP contribution in [-0.2, 0) is 16.2 Å². The van der Waals surface area contributed by atoms with Crippen molar-refractivity contribution in [3.63, 3.8) is 0 Å². The number of hydrogen-bond acceptors (Lipinski definition) is 7. The van der Waals surface area contributed by atoms with E-state index in [1.165, 1.54) is 36.0 Å². The van der Waals surface area contributed by atoms with Crippen LogP contribution in [-0.4, -0.2) is 31.8 Å². The molecule has 0 fully saturated rings. The molecule has 0 atom stereocenters. The van der Waals surface area contributed by atoms with Crippen molar-refractivity contribution in [3.05, 3.63) is 40.7 Å². The monoisotopic (exact) mass is 390 g/mol. The Labute approximate surface area is 157 Å². The van der Waals surface area contributed by atoms with E-state index in [4.69, 9.17) is 4.74 Å². The summed E-state index contributed by atoms with van der Waals surface area (Å²) < 4.78 is 18.6. The summed E-state index contributed by atoms with van der Waals surface area (Å²) in [5.74, 6) is 5.04. The fraction of sp³-hybridized carbons (Fsp3) is 0.250. The number of anilines is 1. The summed E-state index contributed by atoms with van der Waals surface area (Å²) in [7, 11) is 0. The zero-order valence-corrected chi connectivity index (χ0v) is 15.7. The first kappa shape index (κ1) is 19.4. The number of ether oxygens (including phenoxy) is 1. The van der Waals surface area contributed by atoms with Crippen LogP contribution in [0.25, 0.3) is 0 Å². The highest BCUT2D eigenvalue weighted by Crippen LogP contribution is 2.18. The van der Waals surface area contributed by atoms with Gasteiger partial charge in [-0.05, 0) is 32.8 Å². The Morgan fingerprint density at radius 2 is 2.04 bits per heavy atom. The second-order valence-corrected chi connectivity index (χ2v) is 7.20. The SMILES string of the molecule is CC(C)(C)OC(=O)Nc1ncc(C#Cc2cncc(C(=O)N=S=O)c2)s1. The molecular weight excluding hydrogens is 376 g/mol. The predicted octanol–water partition coefficient (Wildman–Crippen LogP) is 2.82. The van der Waals surface area contributed by atoms with E-state index in [0.717, 1.165) is 0 Å². The van der Waals surface area contributed by atoms with Crippen molar-refractivity contribution < 1.29 is 18.5 Å². The normalized spacial score (nSPS) is 10.3. The van der Waals surface area contributed by atoms with E-state index in [2.05, 4.69) is 31.5 Å². The number of carbonyl (C=O) groups is 2. The number of nitrogens with one attached hydrogen (secondary N) is 1. The second-order valence-electron chi connectivity index (χ2n) is 5.84. The number of amides is 2. The Hall–Kier alpha value is -2.90. The number of aromatic nitrogens is 2. The van der Waals surface area contributed by atoms with Gasteiger partial charge in [0, 0.05) is 18.0 Å². The quantitative estimate of drug-likeness (QED) is 0.790. The smallest absolute Gasteiger partial charge is 0.413 e. The molecule has 2 rings (SSSR count). The number of thiazole rings is 1. The maximum Gasteiger partial charge on any atom is 0.413 e. The lowest BCUT2D eigenvalue weighted by molar-refractivity contribution is 0.0635. The lowest BCUT2D eigenvalue weighted by Gasteiger charge is -2.18. The molecule has 8 nitrogen and oxygen atoms in total. The lowest BCUT2D eigenvalue weighted by Crippen LogP contribution is -2.27. The van der Waals surface area contributed by atoms with Crippen molar-refractivity contribution in [1.29, 1.82) is 0 Å². The summed E-state index contributed by atoms with van der Waals surface area (Å²) in [6, 6.07) is 1.49. The van der Waals surface area contributed by atoms with E-state index in [9.17, 15) is 13.8 Å².